The van der Waals surface area contributed by atoms with Crippen molar-refractivity contribution in [3.8, 4) is 11.5 Å². The maximum atomic E-state index is 13.3. The predicted octanol–water partition coefficient (Wildman–Crippen LogP) is 4.41. The number of nitrogens with one attached hydrogen (secondary N) is 1. The fourth-order valence-electron chi connectivity index (χ4n) is 1.84. The van der Waals surface area contributed by atoms with Crippen LogP contribution in [0.4, 0.5) is 4.39 Å². The first-order chi connectivity index (χ1) is 9.08. The van der Waals surface area contributed by atoms with Crippen LogP contribution < -0.4 is 10.1 Å². The van der Waals surface area contributed by atoms with Crippen LogP contribution in [0.5, 0.6) is 11.5 Å². The summed E-state index contributed by atoms with van der Waals surface area (Å²) in [6, 6.07) is 10.3. The lowest BCUT2D eigenvalue weighted by molar-refractivity contribution is 0.475. The van der Waals surface area contributed by atoms with Crippen LogP contribution in [0.15, 0.2) is 40.9 Å². The standard InChI is InChI=1S/C15H15BrFNO/c1-10-5-14(4-3-11(10)9-18-2)19-15-7-12(16)6-13(17)8-15/h3-8,18H,9H2,1-2H3. The van der Waals surface area contributed by atoms with Crippen molar-refractivity contribution < 1.29 is 9.13 Å². The third kappa shape index (κ3) is 3.78. The van der Waals surface area contributed by atoms with Crippen molar-refractivity contribution in [3.05, 3.63) is 57.8 Å². The summed E-state index contributed by atoms with van der Waals surface area (Å²) in [5, 5.41) is 3.11. The van der Waals surface area contributed by atoms with E-state index in [1.807, 2.05) is 32.2 Å². The molecule has 0 saturated carbocycles. The van der Waals surface area contributed by atoms with Crippen molar-refractivity contribution in [1.82, 2.24) is 5.32 Å². The maximum absolute atomic E-state index is 13.3. The largest absolute Gasteiger partial charge is 0.457 e. The average molecular weight is 324 g/mol. The molecule has 0 saturated heterocycles. The molecule has 0 heterocycles. The molecule has 0 aromatic heterocycles. The zero-order valence-electron chi connectivity index (χ0n) is 10.8. The van der Waals surface area contributed by atoms with Crippen LogP contribution in [0.2, 0.25) is 0 Å². The van der Waals surface area contributed by atoms with Crippen molar-refractivity contribution in [2.24, 2.45) is 0 Å². The second-order valence-electron chi connectivity index (χ2n) is 4.33. The predicted molar refractivity (Wildman–Crippen MR) is 78.1 cm³/mol. The van der Waals surface area contributed by atoms with Gasteiger partial charge in [-0.2, -0.15) is 0 Å². The minimum Gasteiger partial charge on any atom is -0.457 e. The van der Waals surface area contributed by atoms with Crippen LogP contribution >= 0.6 is 15.9 Å². The lowest BCUT2D eigenvalue weighted by atomic mass is 10.1. The molecule has 0 unspecified atom stereocenters. The van der Waals surface area contributed by atoms with E-state index in [-0.39, 0.29) is 5.82 Å². The Bertz CT molecular complexity index is 566. The Balaban J connectivity index is 2.21. The highest BCUT2D eigenvalue weighted by Crippen LogP contribution is 2.27. The number of benzene rings is 2. The third-order valence-corrected chi connectivity index (χ3v) is 3.21. The van der Waals surface area contributed by atoms with Gasteiger partial charge in [0.1, 0.15) is 17.3 Å². The zero-order chi connectivity index (χ0) is 13.8. The molecule has 2 aromatic rings. The molecule has 2 rings (SSSR count). The summed E-state index contributed by atoms with van der Waals surface area (Å²) < 4.78 is 19.6. The molecule has 2 aromatic carbocycles. The van der Waals surface area contributed by atoms with Crippen molar-refractivity contribution in [3.63, 3.8) is 0 Å². The second-order valence-corrected chi connectivity index (χ2v) is 5.24. The summed E-state index contributed by atoms with van der Waals surface area (Å²) in [5.74, 6) is 0.857. The van der Waals surface area contributed by atoms with Crippen LogP contribution in [-0.2, 0) is 6.54 Å². The number of rotatable bonds is 4. The Morgan fingerprint density at radius 1 is 1.16 bits per heavy atom. The van der Waals surface area contributed by atoms with Gasteiger partial charge in [0.25, 0.3) is 0 Å². The van der Waals surface area contributed by atoms with Crippen LogP contribution in [0.3, 0.4) is 0 Å². The SMILES string of the molecule is CNCc1ccc(Oc2cc(F)cc(Br)c2)cc1C. The smallest absolute Gasteiger partial charge is 0.131 e. The van der Waals surface area contributed by atoms with Crippen molar-refractivity contribution in [1.29, 1.82) is 0 Å². The quantitative estimate of drug-likeness (QED) is 0.899. The molecule has 100 valence electrons. The zero-order valence-corrected chi connectivity index (χ0v) is 12.4. The molecule has 0 aliphatic carbocycles. The Labute approximate surface area is 120 Å². The molecule has 0 aliphatic heterocycles. The molecule has 0 bridgehead atoms. The van der Waals surface area contributed by atoms with E-state index in [4.69, 9.17) is 4.74 Å². The van der Waals surface area contributed by atoms with Gasteiger partial charge >= 0.3 is 0 Å². The van der Waals surface area contributed by atoms with Crippen LogP contribution in [0.1, 0.15) is 11.1 Å². The molecule has 1 N–H and O–H groups in total. The van der Waals surface area contributed by atoms with Crippen LogP contribution in [-0.4, -0.2) is 7.05 Å². The Morgan fingerprint density at radius 2 is 1.95 bits per heavy atom. The number of halogens is 2. The van der Waals surface area contributed by atoms with E-state index >= 15 is 0 Å². The Morgan fingerprint density at radius 3 is 2.58 bits per heavy atom. The monoisotopic (exact) mass is 323 g/mol. The topological polar surface area (TPSA) is 21.3 Å². The van der Waals surface area contributed by atoms with E-state index < -0.39 is 0 Å². The van der Waals surface area contributed by atoms with Gasteiger partial charge in [-0.3, -0.25) is 0 Å². The van der Waals surface area contributed by atoms with Gasteiger partial charge in [0, 0.05) is 17.1 Å². The number of hydrogen-bond acceptors (Lipinski definition) is 2. The first-order valence-electron chi connectivity index (χ1n) is 5.96. The normalized spacial score (nSPS) is 10.5. The molecular weight excluding hydrogens is 309 g/mol. The summed E-state index contributed by atoms with van der Waals surface area (Å²) in [4.78, 5) is 0. The highest BCUT2D eigenvalue weighted by Gasteiger charge is 2.04. The fourth-order valence-corrected chi connectivity index (χ4v) is 2.29. The van der Waals surface area contributed by atoms with E-state index in [1.165, 1.54) is 17.7 Å². The fraction of sp³-hybridized carbons (Fsp3) is 0.200. The molecule has 0 atom stereocenters. The molecule has 4 heteroatoms. The average Bonchev–Trinajstić information content (AvgIpc) is 2.31. The molecular formula is C15H15BrFNO. The van der Waals surface area contributed by atoms with E-state index in [1.54, 1.807) is 6.07 Å². The summed E-state index contributed by atoms with van der Waals surface area (Å²) >= 11 is 3.24. The van der Waals surface area contributed by atoms with Gasteiger partial charge in [-0.05, 0) is 49.4 Å². The van der Waals surface area contributed by atoms with Gasteiger partial charge in [-0.1, -0.05) is 22.0 Å². The van der Waals surface area contributed by atoms with Gasteiger partial charge in [-0.15, -0.1) is 0 Å². The van der Waals surface area contributed by atoms with Gasteiger partial charge in [-0.25, -0.2) is 4.39 Å². The van der Waals surface area contributed by atoms with E-state index in [0.29, 0.717) is 16.0 Å². The van der Waals surface area contributed by atoms with Crippen molar-refractivity contribution in [2.45, 2.75) is 13.5 Å². The summed E-state index contributed by atoms with van der Waals surface area (Å²) in [6.45, 7) is 2.85. The van der Waals surface area contributed by atoms with E-state index in [0.717, 1.165) is 12.1 Å². The van der Waals surface area contributed by atoms with Crippen molar-refractivity contribution in [2.75, 3.05) is 7.05 Å². The first-order valence-corrected chi connectivity index (χ1v) is 6.76. The van der Waals surface area contributed by atoms with E-state index in [2.05, 4.69) is 21.2 Å². The summed E-state index contributed by atoms with van der Waals surface area (Å²) in [5.41, 5.74) is 2.36. The first kappa shape index (κ1) is 14.0. The minimum atomic E-state index is -0.326. The summed E-state index contributed by atoms with van der Waals surface area (Å²) in [6.07, 6.45) is 0. The number of ether oxygens (including phenoxy) is 1. The van der Waals surface area contributed by atoms with Gasteiger partial charge < -0.3 is 10.1 Å². The van der Waals surface area contributed by atoms with Crippen LogP contribution in [0.25, 0.3) is 0 Å². The number of hydrogen-bond donors (Lipinski definition) is 1. The Kier molecular flexibility index (Phi) is 4.56. The minimum absolute atomic E-state index is 0.326. The third-order valence-electron chi connectivity index (χ3n) is 2.75. The molecule has 0 spiro atoms. The molecule has 2 nitrogen and oxygen atoms in total. The molecule has 0 radical (unpaired) electrons. The lowest BCUT2D eigenvalue weighted by Gasteiger charge is -2.10. The maximum Gasteiger partial charge on any atom is 0.131 e. The van der Waals surface area contributed by atoms with Crippen LogP contribution in [0, 0.1) is 12.7 Å². The van der Waals surface area contributed by atoms with Crippen molar-refractivity contribution >= 4 is 15.9 Å². The Hall–Kier alpha value is -1.39. The highest BCUT2D eigenvalue weighted by molar-refractivity contribution is 9.10. The number of aryl methyl sites for hydroxylation is 1. The second kappa shape index (κ2) is 6.17. The van der Waals surface area contributed by atoms with E-state index in [9.17, 15) is 4.39 Å². The molecule has 0 amide bonds. The summed E-state index contributed by atoms with van der Waals surface area (Å²) in [7, 11) is 1.91. The molecule has 19 heavy (non-hydrogen) atoms. The van der Waals surface area contributed by atoms with Gasteiger partial charge in [0.2, 0.25) is 0 Å². The molecule has 0 fully saturated rings. The lowest BCUT2D eigenvalue weighted by Crippen LogP contribution is -2.06. The van der Waals surface area contributed by atoms with Gasteiger partial charge in [0.15, 0.2) is 0 Å². The van der Waals surface area contributed by atoms with Gasteiger partial charge in [0.05, 0.1) is 0 Å². The highest BCUT2D eigenvalue weighted by atomic mass is 79.9. The molecule has 0 aliphatic rings.